The van der Waals surface area contributed by atoms with Gasteiger partial charge in [-0.2, -0.15) is 0 Å². The molecule has 2 heterocycles. The number of nitrogens with one attached hydrogen (secondary N) is 2. The zero-order chi connectivity index (χ0) is 15.2. The van der Waals surface area contributed by atoms with E-state index in [1.807, 2.05) is 6.92 Å². The van der Waals surface area contributed by atoms with E-state index < -0.39 is 5.97 Å². The summed E-state index contributed by atoms with van der Waals surface area (Å²) in [7, 11) is 0. The van der Waals surface area contributed by atoms with Gasteiger partial charge in [0.2, 0.25) is 5.91 Å². The van der Waals surface area contributed by atoms with Gasteiger partial charge < -0.3 is 20.1 Å². The van der Waals surface area contributed by atoms with Gasteiger partial charge in [-0.3, -0.25) is 4.79 Å². The molecule has 0 unspecified atom stereocenters. The number of hydrogen-bond acceptors (Lipinski definition) is 7. The first kappa shape index (κ1) is 22.1. The highest BCUT2D eigenvalue weighted by Crippen LogP contribution is 2.11. The van der Waals surface area contributed by atoms with Crippen LogP contribution in [0.2, 0.25) is 0 Å². The summed E-state index contributed by atoms with van der Waals surface area (Å²) in [4.78, 5) is 27.7. The molecule has 0 radical (unpaired) electrons. The van der Waals surface area contributed by atoms with Gasteiger partial charge in [-0.1, -0.05) is 0 Å². The van der Waals surface area contributed by atoms with E-state index in [-0.39, 0.29) is 55.1 Å². The third-order valence-corrected chi connectivity index (χ3v) is 3.90. The van der Waals surface area contributed by atoms with E-state index in [1.54, 1.807) is 12.3 Å². The van der Waals surface area contributed by atoms with Crippen LogP contribution in [-0.2, 0) is 20.8 Å². The van der Waals surface area contributed by atoms with Crippen molar-refractivity contribution in [1.82, 2.24) is 15.6 Å². The first-order chi connectivity index (χ1) is 10.1. The number of carbonyl (C=O) groups is 2. The summed E-state index contributed by atoms with van der Waals surface area (Å²) in [5.74, 6) is -0.572. The van der Waals surface area contributed by atoms with E-state index in [0.717, 1.165) is 0 Å². The summed E-state index contributed by atoms with van der Waals surface area (Å²) in [5, 5.41) is 8.21. The smallest absolute Gasteiger partial charge is 0.357 e. The Bertz CT molecular complexity index is 515. The average Bonchev–Trinajstić information content (AvgIpc) is 2.94. The molecule has 2 N–H and O–H groups in total. The first-order valence-electron chi connectivity index (χ1n) is 6.86. The van der Waals surface area contributed by atoms with Crippen LogP contribution in [0.4, 0.5) is 0 Å². The second-order valence-electron chi connectivity index (χ2n) is 4.57. The Kier molecular flexibility index (Phi) is 10.3. The number of hydrogen-bond donors (Lipinski definition) is 2. The molecule has 2 atom stereocenters. The molecule has 0 spiro atoms. The number of carbonyl (C=O) groups excluding carboxylic acids is 2. The zero-order valence-corrected chi connectivity index (χ0v) is 15.3. The molecule has 0 aromatic carbocycles. The Morgan fingerprint density at radius 1 is 1.52 bits per heavy atom. The van der Waals surface area contributed by atoms with Crippen LogP contribution in [0.5, 0.6) is 0 Å². The lowest BCUT2D eigenvalue weighted by atomic mass is 10.1. The molecule has 23 heavy (non-hydrogen) atoms. The van der Waals surface area contributed by atoms with Crippen molar-refractivity contribution in [3.05, 3.63) is 16.1 Å². The van der Waals surface area contributed by atoms with Crippen LogP contribution in [0.1, 0.15) is 29.3 Å². The number of morpholine rings is 1. The number of aromatic nitrogens is 1. The van der Waals surface area contributed by atoms with Crippen molar-refractivity contribution in [3.8, 4) is 0 Å². The predicted octanol–water partition coefficient (Wildman–Crippen LogP) is 1.16. The minimum atomic E-state index is -0.442. The van der Waals surface area contributed by atoms with Gasteiger partial charge in [0.15, 0.2) is 5.69 Å². The number of halogens is 2. The van der Waals surface area contributed by atoms with E-state index in [1.165, 1.54) is 11.3 Å². The average molecular weight is 386 g/mol. The highest BCUT2D eigenvalue weighted by Gasteiger charge is 2.28. The van der Waals surface area contributed by atoms with Crippen molar-refractivity contribution >= 4 is 48.0 Å². The monoisotopic (exact) mass is 385 g/mol. The fraction of sp³-hybridized carbons (Fsp3) is 0.615. The summed E-state index contributed by atoms with van der Waals surface area (Å²) in [6.07, 6.45) is -0.162. The maximum Gasteiger partial charge on any atom is 0.357 e. The molecule has 0 bridgehead atoms. The molecule has 0 aliphatic carbocycles. The van der Waals surface area contributed by atoms with Gasteiger partial charge in [0.1, 0.15) is 11.0 Å². The second-order valence-corrected chi connectivity index (χ2v) is 5.52. The van der Waals surface area contributed by atoms with Gasteiger partial charge in [-0.05, 0) is 13.8 Å². The normalized spacial score (nSPS) is 19.9. The van der Waals surface area contributed by atoms with Gasteiger partial charge in [0.25, 0.3) is 0 Å². The van der Waals surface area contributed by atoms with Crippen LogP contribution in [0.25, 0.3) is 0 Å². The van der Waals surface area contributed by atoms with Crippen LogP contribution in [0.3, 0.4) is 0 Å². The third-order valence-electron chi connectivity index (χ3n) is 3.05. The number of amides is 1. The minimum absolute atomic E-state index is 0. The van der Waals surface area contributed by atoms with Crippen molar-refractivity contribution in [2.45, 2.75) is 32.5 Å². The van der Waals surface area contributed by atoms with Gasteiger partial charge in [0.05, 0.1) is 25.9 Å². The molecule has 7 nitrogen and oxygen atoms in total. The van der Waals surface area contributed by atoms with Crippen LogP contribution in [0, 0.1) is 0 Å². The SMILES string of the molecule is CCOC(=O)c1csc(CNC(=O)[C@H]2NCCO[C@@H]2C)n1.Cl.Cl. The lowest BCUT2D eigenvalue weighted by molar-refractivity contribution is -0.129. The van der Waals surface area contributed by atoms with Crippen molar-refractivity contribution in [1.29, 1.82) is 0 Å². The molecule has 1 aliphatic heterocycles. The molecule has 1 aromatic rings. The van der Waals surface area contributed by atoms with Crippen molar-refractivity contribution < 1.29 is 19.1 Å². The van der Waals surface area contributed by atoms with E-state index in [0.29, 0.717) is 24.8 Å². The van der Waals surface area contributed by atoms with E-state index in [2.05, 4.69) is 15.6 Å². The maximum absolute atomic E-state index is 12.1. The van der Waals surface area contributed by atoms with Crippen LogP contribution >= 0.6 is 36.2 Å². The van der Waals surface area contributed by atoms with Gasteiger partial charge >= 0.3 is 5.97 Å². The van der Waals surface area contributed by atoms with Crippen LogP contribution in [0.15, 0.2) is 5.38 Å². The van der Waals surface area contributed by atoms with E-state index >= 15 is 0 Å². The number of nitrogens with zero attached hydrogens (tertiary/aromatic N) is 1. The largest absolute Gasteiger partial charge is 0.461 e. The summed E-state index contributed by atoms with van der Waals surface area (Å²) in [5.41, 5.74) is 0.276. The zero-order valence-electron chi connectivity index (χ0n) is 12.9. The molecule has 1 aliphatic rings. The lowest BCUT2D eigenvalue weighted by Gasteiger charge is -2.29. The number of esters is 1. The third kappa shape index (κ3) is 6.23. The number of rotatable bonds is 5. The molecule has 1 saturated heterocycles. The van der Waals surface area contributed by atoms with E-state index in [9.17, 15) is 9.59 Å². The van der Waals surface area contributed by atoms with Crippen LogP contribution < -0.4 is 10.6 Å². The second kappa shape index (κ2) is 10.8. The highest BCUT2D eigenvalue weighted by atomic mass is 35.5. The standard InChI is InChI=1S/C13H19N3O4S.2ClH/c1-3-19-13(18)9-7-21-10(16-9)6-15-12(17)11-8(2)20-5-4-14-11;;/h7-8,11,14H,3-6H2,1-2H3,(H,15,17);2*1H/t8-,11+;;/m1../s1. The van der Waals surface area contributed by atoms with Gasteiger partial charge in [-0.15, -0.1) is 36.2 Å². The van der Waals surface area contributed by atoms with E-state index in [4.69, 9.17) is 9.47 Å². The van der Waals surface area contributed by atoms with Gasteiger partial charge in [-0.25, -0.2) is 9.78 Å². The molecule has 1 fully saturated rings. The quantitative estimate of drug-likeness (QED) is 0.739. The predicted molar refractivity (Wildman–Crippen MR) is 91.6 cm³/mol. The van der Waals surface area contributed by atoms with Gasteiger partial charge in [0, 0.05) is 11.9 Å². The summed E-state index contributed by atoms with van der Waals surface area (Å²) in [6, 6.07) is -0.358. The Labute approximate surface area is 151 Å². The summed E-state index contributed by atoms with van der Waals surface area (Å²) < 4.78 is 10.3. The van der Waals surface area contributed by atoms with Crippen LogP contribution in [-0.4, -0.2) is 48.8 Å². The van der Waals surface area contributed by atoms with Crippen molar-refractivity contribution in [2.75, 3.05) is 19.8 Å². The molecule has 1 aromatic heterocycles. The molecule has 2 rings (SSSR count). The van der Waals surface area contributed by atoms with Crippen molar-refractivity contribution in [2.24, 2.45) is 0 Å². The number of thiazole rings is 1. The lowest BCUT2D eigenvalue weighted by Crippen LogP contribution is -2.55. The fourth-order valence-corrected chi connectivity index (χ4v) is 2.69. The molecule has 132 valence electrons. The summed E-state index contributed by atoms with van der Waals surface area (Å²) >= 11 is 1.31. The fourth-order valence-electron chi connectivity index (χ4n) is 1.99. The van der Waals surface area contributed by atoms with Crippen molar-refractivity contribution in [3.63, 3.8) is 0 Å². The topological polar surface area (TPSA) is 89.5 Å². The Morgan fingerprint density at radius 2 is 2.26 bits per heavy atom. The Hall–Kier alpha value is -0.930. The first-order valence-corrected chi connectivity index (χ1v) is 7.74. The number of ether oxygens (including phenoxy) is 2. The molecular weight excluding hydrogens is 365 g/mol. The summed E-state index contributed by atoms with van der Waals surface area (Å²) in [6.45, 7) is 5.47. The highest BCUT2D eigenvalue weighted by molar-refractivity contribution is 7.09. The maximum atomic E-state index is 12.1. The molecule has 0 saturated carbocycles. The Balaban J connectivity index is 0.00000242. The minimum Gasteiger partial charge on any atom is -0.461 e. The Morgan fingerprint density at radius 3 is 2.91 bits per heavy atom. The molecule has 10 heteroatoms. The molecular formula is C13H21Cl2N3O4S. The molecule has 1 amide bonds.